The normalized spacial score (nSPS) is 26.1. The number of methoxy groups -OCH3 is 1. The molecule has 0 bridgehead atoms. The van der Waals surface area contributed by atoms with Crippen molar-refractivity contribution >= 4 is 0 Å². The summed E-state index contributed by atoms with van der Waals surface area (Å²) in [7, 11) is 3.92. The molecule has 1 aromatic carbocycles. The molecule has 0 saturated heterocycles. The van der Waals surface area contributed by atoms with Gasteiger partial charge < -0.3 is 4.74 Å². The molecule has 15 heavy (non-hydrogen) atoms. The van der Waals surface area contributed by atoms with Gasteiger partial charge >= 0.3 is 0 Å². The van der Waals surface area contributed by atoms with Gasteiger partial charge in [-0.25, -0.2) is 0 Å². The van der Waals surface area contributed by atoms with Gasteiger partial charge in [0.15, 0.2) is 0 Å². The number of benzene rings is 1. The van der Waals surface area contributed by atoms with Crippen LogP contribution in [0.25, 0.3) is 0 Å². The van der Waals surface area contributed by atoms with Gasteiger partial charge in [-0.1, -0.05) is 6.07 Å². The van der Waals surface area contributed by atoms with Gasteiger partial charge in [-0.15, -0.1) is 0 Å². The van der Waals surface area contributed by atoms with Crippen molar-refractivity contribution in [1.82, 2.24) is 4.90 Å². The van der Waals surface area contributed by atoms with Crippen molar-refractivity contribution < 1.29 is 4.74 Å². The highest BCUT2D eigenvalue weighted by molar-refractivity contribution is 5.39. The first-order valence-electron chi connectivity index (χ1n) is 5.52. The van der Waals surface area contributed by atoms with Crippen molar-refractivity contribution in [3.05, 3.63) is 29.3 Å². The van der Waals surface area contributed by atoms with Gasteiger partial charge in [0.2, 0.25) is 0 Å². The standard InChI is InChI=1S/C13H19NO/c1-9-7-11-8-12(15-4)5-6-13(11)10(2)14(9)3/h5-6,8-10H,7H2,1-4H3. The Balaban J connectivity index is 2.41. The number of hydrogen-bond donors (Lipinski definition) is 0. The van der Waals surface area contributed by atoms with Crippen molar-refractivity contribution in [2.75, 3.05) is 14.2 Å². The van der Waals surface area contributed by atoms with Gasteiger partial charge in [0.25, 0.3) is 0 Å². The molecule has 2 unspecified atom stereocenters. The Kier molecular flexibility index (Phi) is 2.70. The van der Waals surface area contributed by atoms with E-state index in [1.54, 1.807) is 7.11 Å². The maximum Gasteiger partial charge on any atom is 0.119 e. The maximum absolute atomic E-state index is 5.26. The van der Waals surface area contributed by atoms with Crippen LogP contribution in [0.3, 0.4) is 0 Å². The molecule has 2 atom stereocenters. The lowest BCUT2D eigenvalue weighted by molar-refractivity contribution is 0.179. The number of nitrogens with zero attached hydrogens (tertiary/aromatic N) is 1. The summed E-state index contributed by atoms with van der Waals surface area (Å²) in [5.41, 5.74) is 2.88. The molecular weight excluding hydrogens is 186 g/mol. The minimum absolute atomic E-state index is 0.509. The third-order valence-corrected chi connectivity index (χ3v) is 3.62. The first-order chi connectivity index (χ1) is 7.13. The molecule has 0 spiro atoms. The van der Waals surface area contributed by atoms with Gasteiger partial charge in [-0.3, -0.25) is 4.90 Å². The highest BCUT2D eigenvalue weighted by Gasteiger charge is 2.26. The second-order valence-corrected chi connectivity index (χ2v) is 4.46. The van der Waals surface area contributed by atoms with Crippen LogP contribution in [0.15, 0.2) is 18.2 Å². The van der Waals surface area contributed by atoms with E-state index in [2.05, 4.69) is 44.0 Å². The molecule has 0 saturated carbocycles. The molecule has 1 aliphatic rings. The lowest BCUT2D eigenvalue weighted by atomic mass is 9.90. The summed E-state index contributed by atoms with van der Waals surface area (Å²) in [6.07, 6.45) is 1.12. The molecule has 0 amide bonds. The van der Waals surface area contributed by atoms with Gasteiger partial charge in [-0.2, -0.15) is 0 Å². The molecule has 0 radical (unpaired) electrons. The topological polar surface area (TPSA) is 12.5 Å². The van der Waals surface area contributed by atoms with E-state index in [1.165, 1.54) is 11.1 Å². The van der Waals surface area contributed by atoms with Gasteiger partial charge in [0, 0.05) is 12.1 Å². The number of ether oxygens (including phenoxy) is 1. The van der Waals surface area contributed by atoms with Crippen LogP contribution < -0.4 is 4.74 Å². The van der Waals surface area contributed by atoms with Crippen molar-refractivity contribution in [3.63, 3.8) is 0 Å². The zero-order chi connectivity index (χ0) is 11.0. The summed E-state index contributed by atoms with van der Waals surface area (Å²) >= 11 is 0. The number of likely N-dealkylation sites (N-methyl/N-ethyl adjacent to an activating group) is 1. The molecular formula is C13H19NO. The quantitative estimate of drug-likeness (QED) is 0.699. The predicted molar refractivity (Wildman–Crippen MR) is 62.3 cm³/mol. The highest BCUT2D eigenvalue weighted by atomic mass is 16.5. The lowest BCUT2D eigenvalue weighted by Gasteiger charge is -2.37. The first kappa shape index (κ1) is 10.5. The summed E-state index contributed by atoms with van der Waals surface area (Å²) in [5, 5.41) is 0. The number of fused-ring (bicyclic) bond motifs is 1. The SMILES string of the molecule is COc1ccc2c(c1)CC(C)N(C)C2C. The lowest BCUT2D eigenvalue weighted by Crippen LogP contribution is -2.37. The van der Waals surface area contributed by atoms with Crippen LogP contribution in [0.4, 0.5) is 0 Å². The highest BCUT2D eigenvalue weighted by Crippen LogP contribution is 2.33. The van der Waals surface area contributed by atoms with Crippen molar-refractivity contribution in [2.24, 2.45) is 0 Å². The average molecular weight is 205 g/mol. The van der Waals surface area contributed by atoms with Crippen LogP contribution in [-0.2, 0) is 6.42 Å². The van der Waals surface area contributed by atoms with Gasteiger partial charge in [-0.05, 0) is 50.6 Å². The molecule has 0 aromatic heterocycles. The molecule has 1 aromatic rings. The Morgan fingerprint density at radius 1 is 1.33 bits per heavy atom. The minimum Gasteiger partial charge on any atom is -0.497 e. The van der Waals surface area contributed by atoms with E-state index < -0.39 is 0 Å². The first-order valence-corrected chi connectivity index (χ1v) is 5.52. The van der Waals surface area contributed by atoms with E-state index in [4.69, 9.17) is 4.74 Å². The second kappa shape index (κ2) is 3.86. The smallest absolute Gasteiger partial charge is 0.119 e. The van der Waals surface area contributed by atoms with E-state index in [0.29, 0.717) is 12.1 Å². The van der Waals surface area contributed by atoms with Crippen LogP contribution >= 0.6 is 0 Å². The Hall–Kier alpha value is -1.02. The van der Waals surface area contributed by atoms with E-state index in [9.17, 15) is 0 Å². The van der Waals surface area contributed by atoms with Crippen molar-refractivity contribution in [1.29, 1.82) is 0 Å². The zero-order valence-electron chi connectivity index (χ0n) is 9.95. The van der Waals surface area contributed by atoms with E-state index in [0.717, 1.165) is 12.2 Å². The molecule has 0 aliphatic carbocycles. The van der Waals surface area contributed by atoms with Crippen LogP contribution in [-0.4, -0.2) is 25.1 Å². The second-order valence-electron chi connectivity index (χ2n) is 4.46. The minimum atomic E-state index is 0.509. The van der Waals surface area contributed by atoms with E-state index in [-0.39, 0.29) is 0 Å². The molecule has 2 nitrogen and oxygen atoms in total. The van der Waals surface area contributed by atoms with Crippen LogP contribution in [0.2, 0.25) is 0 Å². The Morgan fingerprint density at radius 3 is 2.73 bits per heavy atom. The van der Waals surface area contributed by atoms with Gasteiger partial charge in [0.05, 0.1) is 7.11 Å². The van der Waals surface area contributed by atoms with E-state index >= 15 is 0 Å². The van der Waals surface area contributed by atoms with Crippen LogP contribution in [0.1, 0.15) is 31.0 Å². The largest absolute Gasteiger partial charge is 0.497 e. The summed E-state index contributed by atoms with van der Waals surface area (Å²) in [6, 6.07) is 7.55. The summed E-state index contributed by atoms with van der Waals surface area (Å²) in [5.74, 6) is 0.970. The fourth-order valence-electron chi connectivity index (χ4n) is 2.36. The number of rotatable bonds is 1. The Labute approximate surface area is 91.9 Å². The van der Waals surface area contributed by atoms with E-state index in [1.807, 2.05) is 0 Å². The maximum atomic E-state index is 5.26. The molecule has 0 fully saturated rings. The molecule has 0 N–H and O–H groups in total. The monoisotopic (exact) mass is 205 g/mol. The Bertz CT molecular complexity index is 362. The molecule has 1 heterocycles. The molecule has 82 valence electrons. The third-order valence-electron chi connectivity index (χ3n) is 3.62. The fourth-order valence-corrected chi connectivity index (χ4v) is 2.36. The average Bonchev–Trinajstić information content (AvgIpc) is 2.25. The fraction of sp³-hybridized carbons (Fsp3) is 0.538. The Morgan fingerprint density at radius 2 is 2.07 bits per heavy atom. The summed E-state index contributed by atoms with van der Waals surface area (Å²) in [4.78, 5) is 2.43. The third kappa shape index (κ3) is 1.74. The van der Waals surface area contributed by atoms with Crippen molar-refractivity contribution in [3.8, 4) is 5.75 Å². The number of hydrogen-bond acceptors (Lipinski definition) is 2. The molecule has 1 aliphatic heterocycles. The molecule has 2 rings (SSSR count). The summed E-state index contributed by atoms with van der Waals surface area (Å²) in [6.45, 7) is 4.54. The van der Waals surface area contributed by atoms with Crippen LogP contribution in [0.5, 0.6) is 5.75 Å². The van der Waals surface area contributed by atoms with Crippen molar-refractivity contribution in [2.45, 2.75) is 32.4 Å². The zero-order valence-corrected chi connectivity index (χ0v) is 9.95. The molecule has 2 heteroatoms. The van der Waals surface area contributed by atoms with Crippen LogP contribution in [0, 0.1) is 0 Å². The summed E-state index contributed by atoms with van der Waals surface area (Å²) < 4.78 is 5.26. The van der Waals surface area contributed by atoms with Gasteiger partial charge in [0.1, 0.15) is 5.75 Å². The predicted octanol–water partition coefficient (Wildman–Crippen LogP) is 2.63.